The second kappa shape index (κ2) is 5.91. The highest BCUT2D eigenvalue weighted by Crippen LogP contribution is 2.19. The van der Waals surface area contributed by atoms with Crippen molar-refractivity contribution >= 4 is 5.97 Å². The average Bonchev–Trinajstić information content (AvgIpc) is 2.40. The number of phenolic OH excluding ortho intramolecular Hbond substituents is 2. The molecule has 4 heteroatoms. The molecule has 0 amide bonds. The van der Waals surface area contributed by atoms with Crippen LogP contribution in [0.25, 0.3) is 0 Å². The van der Waals surface area contributed by atoms with Crippen LogP contribution in [-0.2, 0) is 22.6 Å². The Balaban J connectivity index is 1.92. The molecule has 2 rings (SSSR count). The molecular formula is C15H14O4. The molecule has 0 radical (unpaired) electrons. The van der Waals surface area contributed by atoms with Gasteiger partial charge in [0, 0.05) is 11.1 Å². The van der Waals surface area contributed by atoms with Crippen molar-refractivity contribution in [2.24, 2.45) is 0 Å². The summed E-state index contributed by atoms with van der Waals surface area (Å²) in [5.74, 6) is -0.287. The SMILES string of the molecule is O=C(Cc1ccccc1O)OCc1ccccc1O. The van der Waals surface area contributed by atoms with Crippen LogP contribution < -0.4 is 0 Å². The van der Waals surface area contributed by atoms with Crippen molar-refractivity contribution in [1.29, 1.82) is 0 Å². The van der Waals surface area contributed by atoms with Crippen LogP contribution in [0.15, 0.2) is 48.5 Å². The van der Waals surface area contributed by atoms with Gasteiger partial charge in [0.05, 0.1) is 6.42 Å². The Morgan fingerprint density at radius 3 is 2.00 bits per heavy atom. The molecule has 0 aliphatic carbocycles. The zero-order valence-corrected chi connectivity index (χ0v) is 10.2. The molecule has 0 spiro atoms. The maximum absolute atomic E-state index is 11.6. The number of hydrogen-bond acceptors (Lipinski definition) is 4. The lowest BCUT2D eigenvalue weighted by Crippen LogP contribution is -2.08. The van der Waals surface area contributed by atoms with E-state index < -0.39 is 5.97 Å². The van der Waals surface area contributed by atoms with Gasteiger partial charge in [-0.2, -0.15) is 0 Å². The third-order valence-corrected chi connectivity index (χ3v) is 2.71. The predicted molar refractivity (Wildman–Crippen MR) is 69.7 cm³/mol. The topological polar surface area (TPSA) is 66.8 Å². The van der Waals surface area contributed by atoms with Gasteiger partial charge in [-0.3, -0.25) is 4.79 Å². The number of para-hydroxylation sites is 2. The molecule has 4 nitrogen and oxygen atoms in total. The predicted octanol–water partition coefficient (Wildman–Crippen LogP) is 2.38. The fourth-order valence-corrected chi connectivity index (χ4v) is 1.66. The number of benzene rings is 2. The van der Waals surface area contributed by atoms with E-state index in [-0.39, 0.29) is 24.5 Å². The van der Waals surface area contributed by atoms with E-state index in [4.69, 9.17) is 4.74 Å². The summed E-state index contributed by atoms with van der Waals surface area (Å²) in [6.45, 7) is 0.0130. The number of aromatic hydroxyl groups is 2. The van der Waals surface area contributed by atoms with Crippen molar-refractivity contribution in [3.63, 3.8) is 0 Å². The number of carbonyl (C=O) groups is 1. The Bertz CT molecular complexity index is 578. The number of ether oxygens (including phenoxy) is 1. The first kappa shape index (κ1) is 13.0. The van der Waals surface area contributed by atoms with Crippen LogP contribution >= 0.6 is 0 Å². The highest BCUT2D eigenvalue weighted by molar-refractivity contribution is 5.73. The third kappa shape index (κ3) is 3.48. The van der Waals surface area contributed by atoms with Crippen LogP contribution in [0.3, 0.4) is 0 Å². The van der Waals surface area contributed by atoms with Crippen LogP contribution in [0, 0.1) is 0 Å². The lowest BCUT2D eigenvalue weighted by atomic mass is 10.1. The molecule has 98 valence electrons. The molecule has 0 fully saturated rings. The van der Waals surface area contributed by atoms with Crippen LogP contribution in [-0.4, -0.2) is 16.2 Å². The van der Waals surface area contributed by atoms with E-state index in [9.17, 15) is 15.0 Å². The molecular weight excluding hydrogens is 244 g/mol. The first-order chi connectivity index (χ1) is 9.16. The standard InChI is InChI=1S/C15H14O4/c16-13-7-3-1-5-11(13)9-15(18)19-10-12-6-2-4-8-14(12)17/h1-8,16-17H,9-10H2. The minimum absolute atomic E-state index is 0.000267. The number of rotatable bonds is 4. The van der Waals surface area contributed by atoms with E-state index in [0.29, 0.717) is 11.1 Å². The van der Waals surface area contributed by atoms with Crippen LogP contribution in [0.2, 0.25) is 0 Å². The molecule has 0 aliphatic rings. The van der Waals surface area contributed by atoms with Crippen LogP contribution in [0.4, 0.5) is 0 Å². The molecule has 0 unspecified atom stereocenters. The molecule has 0 atom stereocenters. The van der Waals surface area contributed by atoms with Crippen molar-refractivity contribution in [3.8, 4) is 11.5 Å². The largest absolute Gasteiger partial charge is 0.508 e. The molecule has 0 aromatic heterocycles. The van der Waals surface area contributed by atoms with E-state index in [1.54, 1.807) is 36.4 Å². The second-order valence-electron chi connectivity index (χ2n) is 4.09. The fraction of sp³-hybridized carbons (Fsp3) is 0.133. The molecule has 2 aromatic rings. The normalized spacial score (nSPS) is 10.1. The molecule has 2 aromatic carbocycles. The van der Waals surface area contributed by atoms with E-state index in [1.165, 1.54) is 12.1 Å². The quantitative estimate of drug-likeness (QED) is 0.826. The van der Waals surface area contributed by atoms with Gasteiger partial charge < -0.3 is 14.9 Å². The van der Waals surface area contributed by atoms with E-state index in [2.05, 4.69) is 0 Å². The lowest BCUT2D eigenvalue weighted by Gasteiger charge is -2.07. The van der Waals surface area contributed by atoms with Crippen molar-refractivity contribution in [2.75, 3.05) is 0 Å². The Morgan fingerprint density at radius 2 is 1.42 bits per heavy atom. The zero-order chi connectivity index (χ0) is 13.7. The van der Waals surface area contributed by atoms with Crippen LogP contribution in [0.5, 0.6) is 11.5 Å². The number of esters is 1. The molecule has 0 aliphatic heterocycles. The fourth-order valence-electron chi connectivity index (χ4n) is 1.66. The Labute approximate surface area is 110 Å². The first-order valence-corrected chi connectivity index (χ1v) is 5.86. The first-order valence-electron chi connectivity index (χ1n) is 5.86. The molecule has 0 heterocycles. The molecule has 0 saturated heterocycles. The summed E-state index contributed by atoms with van der Waals surface area (Å²) in [6.07, 6.45) is 0.000267. The van der Waals surface area contributed by atoms with Crippen molar-refractivity contribution in [1.82, 2.24) is 0 Å². The summed E-state index contributed by atoms with van der Waals surface area (Å²) >= 11 is 0. The Kier molecular flexibility index (Phi) is 4.03. The monoisotopic (exact) mass is 258 g/mol. The summed E-state index contributed by atoms with van der Waals surface area (Å²) in [5, 5.41) is 19.1. The highest BCUT2D eigenvalue weighted by atomic mass is 16.5. The summed E-state index contributed by atoms with van der Waals surface area (Å²) < 4.78 is 5.06. The second-order valence-corrected chi connectivity index (χ2v) is 4.09. The zero-order valence-electron chi connectivity index (χ0n) is 10.2. The van der Waals surface area contributed by atoms with Crippen molar-refractivity contribution in [2.45, 2.75) is 13.0 Å². The van der Waals surface area contributed by atoms with Crippen LogP contribution in [0.1, 0.15) is 11.1 Å². The summed E-state index contributed by atoms with van der Waals surface area (Å²) in [7, 11) is 0. The van der Waals surface area contributed by atoms with E-state index >= 15 is 0 Å². The van der Waals surface area contributed by atoms with Gasteiger partial charge in [-0.05, 0) is 12.1 Å². The molecule has 2 N–H and O–H groups in total. The maximum Gasteiger partial charge on any atom is 0.310 e. The minimum atomic E-state index is -0.454. The van der Waals surface area contributed by atoms with Gasteiger partial charge >= 0.3 is 5.97 Å². The smallest absolute Gasteiger partial charge is 0.310 e. The Morgan fingerprint density at radius 1 is 0.895 bits per heavy atom. The van der Waals surface area contributed by atoms with Gasteiger partial charge in [0.15, 0.2) is 0 Å². The van der Waals surface area contributed by atoms with E-state index in [0.717, 1.165) is 0 Å². The molecule has 0 bridgehead atoms. The number of phenols is 2. The van der Waals surface area contributed by atoms with E-state index in [1.807, 2.05) is 0 Å². The van der Waals surface area contributed by atoms with Crippen molar-refractivity contribution in [3.05, 3.63) is 59.7 Å². The van der Waals surface area contributed by atoms with Gasteiger partial charge in [-0.1, -0.05) is 36.4 Å². The summed E-state index contributed by atoms with van der Waals surface area (Å²) in [5.41, 5.74) is 1.07. The van der Waals surface area contributed by atoms with Gasteiger partial charge in [-0.25, -0.2) is 0 Å². The average molecular weight is 258 g/mol. The van der Waals surface area contributed by atoms with Crippen molar-refractivity contribution < 1.29 is 19.7 Å². The van der Waals surface area contributed by atoms with Gasteiger partial charge in [0.2, 0.25) is 0 Å². The van der Waals surface area contributed by atoms with Gasteiger partial charge in [-0.15, -0.1) is 0 Å². The lowest BCUT2D eigenvalue weighted by molar-refractivity contribution is -0.144. The maximum atomic E-state index is 11.6. The Hall–Kier alpha value is -2.49. The molecule has 19 heavy (non-hydrogen) atoms. The van der Waals surface area contributed by atoms with Gasteiger partial charge in [0.1, 0.15) is 18.1 Å². The third-order valence-electron chi connectivity index (χ3n) is 2.71. The number of carbonyl (C=O) groups excluding carboxylic acids is 1. The summed E-state index contributed by atoms with van der Waals surface area (Å²) in [6, 6.07) is 13.3. The summed E-state index contributed by atoms with van der Waals surface area (Å²) in [4.78, 5) is 11.6. The highest BCUT2D eigenvalue weighted by Gasteiger charge is 2.09. The molecule has 0 saturated carbocycles. The van der Waals surface area contributed by atoms with Gasteiger partial charge in [0.25, 0.3) is 0 Å². The minimum Gasteiger partial charge on any atom is -0.508 e. The number of hydrogen-bond donors (Lipinski definition) is 2.